The molecule has 0 saturated carbocycles. The molecular formula is C17H26Cl3N3S. The summed E-state index contributed by atoms with van der Waals surface area (Å²) in [6.07, 6.45) is 2.04. The average Bonchev–Trinajstić information content (AvgIpc) is 2.97. The third kappa shape index (κ3) is 6.17. The molecule has 0 spiro atoms. The van der Waals surface area contributed by atoms with Gasteiger partial charge in [-0.2, -0.15) is 0 Å². The van der Waals surface area contributed by atoms with Crippen LogP contribution in [0.5, 0.6) is 0 Å². The van der Waals surface area contributed by atoms with Crippen LogP contribution in [-0.2, 0) is 6.54 Å². The molecule has 1 aromatic carbocycles. The highest BCUT2D eigenvalue weighted by Crippen LogP contribution is 2.27. The van der Waals surface area contributed by atoms with Gasteiger partial charge in [-0.15, -0.1) is 48.6 Å². The van der Waals surface area contributed by atoms with Crippen LogP contribution < -0.4 is 5.32 Å². The fourth-order valence-corrected chi connectivity index (χ4v) is 3.57. The van der Waals surface area contributed by atoms with Crippen LogP contribution in [0.25, 0.3) is 10.6 Å². The van der Waals surface area contributed by atoms with E-state index in [9.17, 15) is 0 Å². The number of halogens is 3. The Labute approximate surface area is 167 Å². The largest absolute Gasteiger partial charge is 0.314 e. The second-order valence-corrected chi connectivity index (χ2v) is 7.05. The maximum absolute atomic E-state index is 4.60. The summed E-state index contributed by atoms with van der Waals surface area (Å²) < 4.78 is 0. The molecule has 136 valence electrons. The highest BCUT2D eigenvalue weighted by Gasteiger charge is 2.12. The number of hydrogen-bond acceptors (Lipinski definition) is 4. The number of thiazole rings is 1. The molecule has 1 fully saturated rings. The van der Waals surface area contributed by atoms with Gasteiger partial charge in [0.2, 0.25) is 0 Å². The maximum Gasteiger partial charge on any atom is 0.123 e. The number of piperazine rings is 1. The van der Waals surface area contributed by atoms with Gasteiger partial charge in [0.25, 0.3) is 0 Å². The summed E-state index contributed by atoms with van der Waals surface area (Å²) >= 11 is 1.82. The zero-order valence-corrected chi connectivity index (χ0v) is 17.3. The molecule has 1 saturated heterocycles. The van der Waals surface area contributed by atoms with Crippen molar-refractivity contribution < 1.29 is 0 Å². The van der Waals surface area contributed by atoms with Crippen LogP contribution in [0.3, 0.4) is 0 Å². The van der Waals surface area contributed by atoms with E-state index >= 15 is 0 Å². The third-order valence-electron chi connectivity index (χ3n) is 3.97. The van der Waals surface area contributed by atoms with Crippen LogP contribution in [0, 0.1) is 0 Å². The Morgan fingerprint density at radius 1 is 1.08 bits per heavy atom. The SMILES string of the molecule is CC(C)c1ccc(-c2ncc(CN3CCNCC3)s2)cc1.Cl.Cl.Cl. The smallest absolute Gasteiger partial charge is 0.123 e. The van der Waals surface area contributed by atoms with Crippen LogP contribution in [-0.4, -0.2) is 36.1 Å². The minimum Gasteiger partial charge on any atom is -0.314 e. The molecule has 0 amide bonds. The molecule has 1 aliphatic rings. The first kappa shape index (κ1) is 23.6. The topological polar surface area (TPSA) is 28.2 Å². The lowest BCUT2D eigenvalue weighted by molar-refractivity contribution is 0.235. The molecule has 1 N–H and O–H groups in total. The molecule has 1 aromatic heterocycles. The zero-order valence-electron chi connectivity index (χ0n) is 14.0. The van der Waals surface area contributed by atoms with Crippen molar-refractivity contribution in [1.29, 1.82) is 0 Å². The fraction of sp³-hybridized carbons (Fsp3) is 0.471. The van der Waals surface area contributed by atoms with E-state index in [0.29, 0.717) is 5.92 Å². The van der Waals surface area contributed by atoms with Gasteiger partial charge in [-0.25, -0.2) is 4.98 Å². The number of hydrogen-bond donors (Lipinski definition) is 1. The Balaban J connectivity index is 0.00000176. The summed E-state index contributed by atoms with van der Waals surface area (Å²) in [4.78, 5) is 8.46. The van der Waals surface area contributed by atoms with E-state index in [2.05, 4.69) is 53.3 Å². The van der Waals surface area contributed by atoms with Gasteiger partial charge in [0.15, 0.2) is 0 Å². The first-order valence-corrected chi connectivity index (χ1v) is 8.52. The molecule has 0 aliphatic carbocycles. The van der Waals surface area contributed by atoms with Gasteiger partial charge in [-0.05, 0) is 11.5 Å². The number of aromatic nitrogens is 1. The molecule has 0 radical (unpaired) electrons. The molecule has 3 nitrogen and oxygen atoms in total. The lowest BCUT2D eigenvalue weighted by Crippen LogP contribution is -2.42. The van der Waals surface area contributed by atoms with Crippen molar-refractivity contribution in [2.45, 2.75) is 26.3 Å². The van der Waals surface area contributed by atoms with E-state index in [1.54, 1.807) is 0 Å². The molecular weight excluding hydrogens is 385 g/mol. The second kappa shape index (κ2) is 11.3. The molecule has 0 atom stereocenters. The Morgan fingerprint density at radius 2 is 1.71 bits per heavy atom. The monoisotopic (exact) mass is 409 g/mol. The predicted molar refractivity (Wildman–Crippen MR) is 112 cm³/mol. The van der Waals surface area contributed by atoms with Crippen LogP contribution in [0.1, 0.15) is 30.2 Å². The average molecular weight is 411 g/mol. The quantitative estimate of drug-likeness (QED) is 0.798. The molecule has 0 unspecified atom stereocenters. The van der Waals surface area contributed by atoms with Gasteiger partial charge in [-0.1, -0.05) is 38.1 Å². The van der Waals surface area contributed by atoms with Gasteiger partial charge in [0.1, 0.15) is 5.01 Å². The first-order chi connectivity index (χ1) is 10.2. The van der Waals surface area contributed by atoms with Crippen molar-refractivity contribution >= 4 is 48.6 Å². The van der Waals surface area contributed by atoms with Gasteiger partial charge >= 0.3 is 0 Å². The highest BCUT2D eigenvalue weighted by atomic mass is 35.5. The van der Waals surface area contributed by atoms with E-state index in [1.807, 2.05) is 17.5 Å². The number of nitrogens with one attached hydrogen (secondary N) is 1. The van der Waals surface area contributed by atoms with Crippen molar-refractivity contribution in [3.8, 4) is 10.6 Å². The van der Waals surface area contributed by atoms with Crippen molar-refractivity contribution in [3.05, 3.63) is 40.9 Å². The summed E-state index contributed by atoms with van der Waals surface area (Å²) in [5.41, 5.74) is 2.62. The van der Waals surface area contributed by atoms with Crippen LogP contribution >= 0.6 is 48.6 Å². The van der Waals surface area contributed by atoms with Gasteiger partial charge in [0, 0.05) is 49.4 Å². The van der Waals surface area contributed by atoms with Gasteiger partial charge < -0.3 is 5.32 Å². The zero-order chi connectivity index (χ0) is 14.7. The standard InChI is InChI=1S/C17H23N3S.3ClH/c1-13(2)14-3-5-15(6-4-14)17-19-11-16(21-17)12-20-9-7-18-8-10-20;;;/h3-6,11,13,18H,7-10,12H2,1-2H3;3*1H. The van der Waals surface area contributed by atoms with E-state index in [1.165, 1.54) is 16.0 Å². The lowest BCUT2D eigenvalue weighted by atomic mass is 10.0. The van der Waals surface area contributed by atoms with E-state index < -0.39 is 0 Å². The van der Waals surface area contributed by atoms with E-state index in [-0.39, 0.29) is 37.2 Å². The van der Waals surface area contributed by atoms with Crippen molar-refractivity contribution in [2.24, 2.45) is 0 Å². The van der Waals surface area contributed by atoms with Crippen LogP contribution in [0.2, 0.25) is 0 Å². The van der Waals surface area contributed by atoms with E-state index in [0.717, 1.165) is 37.7 Å². The van der Waals surface area contributed by atoms with Gasteiger partial charge in [0.05, 0.1) is 0 Å². The van der Waals surface area contributed by atoms with Gasteiger partial charge in [-0.3, -0.25) is 4.90 Å². The predicted octanol–water partition coefficient (Wildman–Crippen LogP) is 4.60. The Hall–Kier alpha value is -0.360. The normalized spacial score (nSPS) is 14.5. The summed E-state index contributed by atoms with van der Waals surface area (Å²) in [7, 11) is 0. The van der Waals surface area contributed by atoms with Crippen molar-refractivity contribution in [1.82, 2.24) is 15.2 Å². The Kier molecular flexibility index (Phi) is 11.1. The Morgan fingerprint density at radius 3 is 2.29 bits per heavy atom. The van der Waals surface area contributed by atoms with Crippen LogP contribution in [0.4, 0.5) is 0 Å². The van der Waals surface area contributed by atoms with Crippen LogP contribution in [0.15, 0.2) is 30.5 Å². The molecule has 2 heterocycles. The molecule has 0 bridgehead atoms. The lowest BCUT2D eigenvalue weighted by Gasteiger charge is -2.26. The number of rotatable bonds is 4. The molecule has 2 aromatic rings. The fourth-order valence-electron chi connectivity index (χ4n) is 2.61. The summed E-state index contributed by atoms with van der Waals surface area (Å²) in [6, 6.07) is 8.83. The minimum absolute atomic E-state index is 0. The van der Waals surface area contributed by atoms with Crippen molar-refractivity contribution in [3.63, 3.8) is 0 Å². The molecule has 3 rings (SSSR count). The summed E-state index contributed by atoms with van der Waals surface area (Å²) in [6.45, 7) is 9.95. The minimum atomic E-state index is 0. The summed E-state index contributed by atoms with van der Waals surface area (Å²) in [5.74, 6) is 0.582. The maximum atomic E-state index is 4.60. The second-order valence-electron chi connectivity index (χ2n) is 5.93. The molecule has 1 aliphatic heterocycles. The van der Waals surface area contributed by atoms with Crippen molar-refractivity contribution in [2.75, 3.05) is 26.2 Å². The molecule has 7 heteroatoms. The summed E-state index contributed by atoms with van der Waals surface area (Å²) in [5, 5.41) is 4.53. The number of benzene rings is 1. The third-order valence-corrected chi connectivity index (χ3v) is 5.00. The molecule has 24 heavy (non-hydrogen) atoms. The first-order valence-electron chi connectivity index (χ1n) is 7.70. The Bertz CT molecular complexity index is 581. The number of nitrogens with zero attached hydrogens (tertiary/aromatic N) is 2. The van der Waals surface area contributed by atoms with E-state index in [4.69, 9.17) is 0 Å². The highest BCUT2D eigenvalue weighted by molar-refractivity contribution is 7.15.